The second kappa shape index (κ2) is 9.13. The lowest BCUT2D eigenvalue weighted by Crippen LogP contribution is -2.25. The average Bonchev–Trinajstić information content (AvgIpc) is 3.39. The zero-order valence-electron chi connectivity index (χ0n) is 17.3. The SMILES string of the molecule is O=C(O)CC1(CC(=O)Cc2sc3c(c2C(=O)Nc2ccc(Cl)cc2)CCC3)CCCC1. The Morgan fingerprint density at radius 1 is 1.03 bits per heavy atom. The molecule has 1 amide bonds. The molecule has 1 heterocycles. The molecule has 7 heteroatoms. The molecule has 1 aromatic heterocycles. The maximum absolute atomic E-state index is 13.1. The van der Waals surface area contributed by atoms with Crippen LogP contribution < -0.4 is 5.32 Å². The molecule has 0 unspecified atom stereocenters. The second-order valence-corrected chi connectivity index (χ2v) is 10.4. The Hall–Kier alpha value is -2.18. The summed E-state index contributed by atoms with van der Waals surface area (Å²) in [5.41, 5.74) is 1.95. The number of anilines is 1. The molecule has 2 N–H and O–H groups in total. The van der Waals surface area contributed by atoms with E-state index in [0.717, 1.165) is 55.4 Å². The van der Waals surface area contributed by atoms with E-state index in [-0.39, 0.29) is 31.0 Å². The molecule has 0 spiro atoms. The summed E-state index contributed by atoms with van der Waals surface area (Å²) >= 11 is 7.50. The molecule has 2 aromatic rings. The summed E-state index contributed by atoms with van der Waals surface area (Å²) in [6, 6.07) is 6.97. The van der Waals surface area contributed by atoms with Gasteiger partial charge in [-0.1, -0.05) is 24.4 Å². The minimum Gasteiger partial charge on any atom is -0.481 e. The van der Waals surface area contributed by atoms with Crippen LogP contribution in [0.1, 0.15) is 70.6 Å². The summed E-state index contributed by atoms with van der Waals surface area (Å²) in [6.45, 7) is 0. The van der Waals surface area contributed by atoms with Crippen molar-refractivity contribution in [2.24, 2.45) is 5.41 Å². The van der Waals surface area contributed by atoms with E-state index in [1.165, 1.54) is 4.88 Å². The molecule has 0 saturated heterocycles. The molecule has 5 nitrogen and oxygen atoms in total. The van der Waals surface area contributed by atoms with Gasteiger partial charge < -0.3 is 10.4 Å². The zero-order chi connectivity index (χ0) is 22.0. The maximum atomic E-state index is 13.1. The third kappa shape index (κ3) is 5.01. The van der Waals surface area contributed by atoms with Gasteiger partial charge in [0.2, 0.25) is 0 Å². The lowest BCUT2D eigenvalue weighted by atomic mass is 9.77. The van der Waals surface area contributed by atoms with Crippen molar-refractivity contribution in [3.8, 4) is 0 Å². The summed E-state index contributed by atoms with van der Waals surface area (Å²) in [7, 11) is 0. The molecule has 1 saturated carbocycles. The number of halogens is 1. The number of thiophene rings is 1. The number of benzene rings is 1. The van der Waals surface area contributed by atoms with Crippen LogP contribution in [0, 0.1) is 5.41 Å². The van der Waals surface area contributed by atoms with Crippen molar-refractivity contribution in [1.82, 2.24) is 0 Å². The molecule has 0 atom stereocenters. The van der Waals surface area contributed by atoms with Crippen molar-refractivity contribution in [2.45, 2.75) is 64.2 Å². The lowest BCUT2D eigenvalue weighted by molar-refractivity contribution is -0.140. The smallest absolute Gasteiger partial charge is 0.303 e. The molecule has 164 valence electrons. The molecular weight excluding hydrogens is 434 g/mol. The lowest BCUT2D eigenvalue weighted by Gasteiger charge is -2.26. The Kier molecular flexibility index (Phi) is 6.49. The number of Topliss-reactive ketones (excluding diaryl/α,β-unsaturated/α-hetero) is 1. The largest absolute Gasteiger partial charge is 0.481 e. The number of carboxylic acids is 1. The van der Waals surface area contributed by atoms with Crippen molar-refractivity contribution in [3.63, 3.8) is 0 Å². The van der Waals surface area contributed by atoms with E-state index in [4.69, 9.17) is 11.6 Å². The van der Waals surface area contributed by atoms with E-state index in [0.29, 0.717) is 16.3 Å². The molecule has 31 heavy (non-hydrogen) atoms. The summed E-state index contributed by atoms with van der Waals surface area (Å²) in [4.78, 5) is 39.5. The van der Waals surface area contributed by atoms with Gasteiger partial charge in [0.15, 0.2) is 0 Å². The van der Waals surface area contributed by atoms with E-state index in [2.05, 4.69) is 5.32 Å². The van der Waals surface area contributed by atoms with Crippen molar-refractivity contribution in [3.05, 3.63) is 50.2 Å². The van der Waals surface area contributed by atoms with E-state index in [9.17, 15) is 19.5 Å². The van der Waals surface area contributed by atoms with Crippen LogP contribution in [0.4, 0.5) is 5.69 Å². The molecule has 0 aliphatic heterocycles. The average molecular weight is 460 g/mol. The van der Waals surface area contributed by atoms with Gasteiger partial charge in [0.05, 0.1) is 12.0 Å². The topological polar surface area (TPSA) is 83.5 Å². The summed E-state index contributed by atoms with van der Waals surface area (Å²) in [6.07, 6.45) is 6.87. The molecule has 0 radical (unpaired) electrons. The van der Waals surface area contributed by atoms with Crippen LogP contribution in [-0.4, -0.2) is 22.8 Å². The van der Waals surface area contributed by atoms with Gasteiger partial charge in [-0.3, -0.25) is 14.4 Å². The minimum absolute atomic E-state index is 0.0311. The number of carbonyl (C=O) groups excluding carboxylic acids is 2. The fourth-order valence-corrected chi connectivity index (χ4v) is 6.65. The van der Waals surface area contributed by atoms with Crippen molar-refractivity contribution >= 4 is 46.3 Å². The number of hydrogen-bond donors (Lipinski definition) is 2. The van der Waals surface area contributed by atoms with Gasteiger partial charge in [0, 0.05) is 33.3 Å². The van der Waals surface area contributed by atoms with Crippen LogP contribution in [0.2, 0.25) is 5.02 Å². The fraction of sp³-hybridized carbons (Fsp3) is 0.458. The maximum Gasteiger partial charge on any atom is 0.303 e. The first-order valence-electron chi connectivity index (χ1n) is 10.8. The van der Waals surface area contributed by atoms with Gasteiger partial charge >= 0.3 is 5.97 Å². The zero-order valence-corrected chi connectivity index (χ0v) is 18.9. The fourth-order valence-electron chi connectivity index (χ4n) is 5.10. The molecule has 2 aliphatic carbocycles. The Morgan fingerprint density at radius 2 is 1.74 bits per heavy atom. The highest BCUT2D eigenvalue weighted by molar-refractivity contribution is 7.12. The molecular formula is C24H26ClNO4S. The van der Waals surface area contributed by atoms with Crippen LogP contribution in [-0.2, 0) is 28.9 Å². The van der Waals surface area contributed by atoms with Gasteiger partial charge in [0.1, 0.15) is 5.78 Å². The number of amides is 1. The highest BCUT2D eigenvalue weighted by Gasteiger charge is 2.38. The molecule has 4 rings (SSSR count). The van der Waals surface area contributed by atoms with Crippen LogP contribution >= 0.6 is 22.9 Å². The van der Waals surface area contributed by atoms with E-state index in [1.807, 2.05) is 0 Å². The molecule has 0 bridgehead atoms. The first-order chi connectivity index (χ1) is 14.8. The standard InChI is InChI=1S/C24H26ClNO4S/c25-15-6-8-16(9-7-15)26-23(30)22-18-4-3-5-19(18)31-20(22)12-17(27)13-24(14-21(28)29)10-1-2-11-24/h6-9H,1-5,10-14H2,(H,26,30)(H,28,29). The summed E-state index contributed by atoms with van der Waals surface area (Å²) < 4.78 is 0. The highest BCUT2D eigenvalue weighted by atomic mass is 35.5. The molecule has 2 aliphatic rings. The van der Waals surface area contributed by atoms with E-state index >= 15 is 0 Å². The first-order valence-corrected chi connectivity index (χ1v) is 12.0. The van der Waals surface area contributed by atoms with E-state index in [1.54, 1.807) is 35.6 Å². The first kappa shape index (κ1) is 22.0. The van der Waals surface area contributed by atoms with Gasteiger partial charge in [-0.25, -0.2) is 0 Å². The van der Waals surface area contributed by atoms with Gasteiger partial charge in [-0.15, -0.1) is 11.3 Å². The quantitative estimate of drug-likeness (QED) is 0.532. The predicted octanol–water partition coefficient (Wildman–Crippen LogP) is 5.68. The van der Waals surface area contributed by atoms with Crippen LogP contribution in [0.3, 0.4) is 0 Å². The number of hydrogen-bond acceptors (Lipinski definition) is 4. The number of carbonyl (C=O) groups is 3. The Bertz CT molecular complexity index is 1010. The van der Waals surface area contributed by atoms with Crippen molar-refractivity contribution in [1.29, 1.82) is 0 Å². The molecule has 1 aromatic carbocycles. The number of nitrogens with one attached hydrogen (secondary N) is 1. The Labute approximate surface area is 190 Å². The number of aryl methyl sites for hydroxylation is 1. The number of carboxylic acid groups (broad SMARTS) is 1. The number of rotatable bonds is 8. The monoisotopic (exact) mass is 459 g/mol. The number of fused-ring (bicyclic) bond motifs is 1. The number of aliphatic carboxylic acids is 1. The Balaban J connectivity index is 1.53. The molecule has 1 fully saturated rings. The van der Waals surface area contributed by atoms with E-state index < -0.39 is 11.4 Å². The van der Waals surface area contributed by atoms with Gasteiger partial charge in [0.25, 0.3) is 5.91 Å². The number of ketones is 1. The van der Waals surface area contributed by atoms with Crippen LogP contribution in [0.5, 0.6) is 0 Å². The summed E-state index contributed by atoms with van der Waals surface area (Å²) in [5, 5.41) is 12.9. The highest BCUT2D eigenvalue weighted by Crippen LogP contribution is 2.45. The minimum atomic E-state index is -0.840. The second-order valence-electron chi connectivity index (χ2n) is 8.79. The van der Waals surface area contributed by atoms with Gasteiger partial charge in [-0.05, 0) is 67.3 Å². The third-order valence-corrected chi connectivity index (χ3v) is 7.99. The summed E-state index contributed by atoms with van der Waals surface area (Å²) in [5.74, 6) is -0.998. The van der Waals surface area contributed by atoms with Crippen molar-refractivity contribution < 1.29 is 19.5 Å². The Morgan fingerprint density at radius 3 is 2.42 bits per heavy atom. The van der Waals surface area contributed by atoms with Crippen LogP contribution in [0.25, 0.3) is 0 Å². The van der Waals surface area contributed by atoms with Gasteiger partial charge in [-0.2, -0.15) is 0 Å². The van der Waals surface area contributed by atoms with Crippen molar-refractivity contribution in [2.75, 3.05) is 5.32 Å². The van der Waals surface area contributed by atoms with Crippen LogP contribution in [0.15, 0.2) is 24.3 Å². The third-order valence-electron chi connectivity index (χ3n) is 6.44. The predicted molar refractivity (Wildman–Crippen MR) is 122 cm³/mol. The normalized spacial score (nSPS) is 16.8.